The normalized spacial score (nSPS) is 10.7. The zero-order chi connectivity index (χ0) is 21.8. The molecule has 0 bridgehead atoms. The van der Waals surface area contributed by atoms with Crippen LogP contribution in [0.4, 0.5) is 11.6 Å². The molecule has 0 fully saturated rings. The maximum absolute atomic E-state index is 13.2. The summed E-state index contributed by atoms with van der Waals surface area (Å²) < 4.78 is 1.35. The summed E-state index contributed by atoms with van der Waals surface area (Å²) in [5.74, 6) is 0.702. The number of aryl methyl sites for hydroxylation is 1. The highest BCUT2D eigenvalue weighted by Crippen LogP contribution is 2.20. The molecule has 0 saturated heterocycles. The van der Waals surface area contributed by atoms with Crippen LogP contribution < -0.4 is 10.2 Å². The minimum Gasteiger partial charge on any atom is -0.378 e. The number of rotatable bonds is 6. The largest absolute Gasteiger partial charge is 0.378 e. The van der Waals surface area contributed by atoms with Crippen molar-refractivity contribution in [3.63, 3.8) is 0 Å². The molecule has 0 saturated carbocycles. The van der Waals surface area contributed by atoms with E-state index in [1.165, 1.54) is 4.68 Å². The van der Waals surface area contributed by atoms with Gasteiger partial charge < -0.3 is 10.2 Å². The molecule has 156 valence electrons. The number of aromatic nitrogens is 3. The predicted octanol–water partition coefficient (Wildman–Crippen LogP) is 4.62. The topological polar surface area (TPSA) is 63.1 Å². The van der Waals surface area contributed by atoms with Gasteiger partial charge >= 0.3 is 0 Å². The number of nitrogens with one attached hydrogen (secondary N) is 1. The van der Waals surface area contributed by atoms with Crippen LogP contribution in [-0.2, 0) is 6.54 Å². The summed E-state index contributed by atoms with van der Waals surface area (Å²) in [6, 6.07) is 25.4. The molecular formula is C25H25N5O. The molecule has 0 amide bonds. The van der Waals surface area contributed by atoms with E-state index in [1.54, 1.807) is 0 Å². The van der Waals surface area contributed by atoms with Gasteiger partial charge in [0.1, 0.15) is 0 Å². The van der Waals surface area contributed by atoms with Crippen molar-refractivity contribution in [2.45, 2.75) is 13.5 Å². The Kier molecular flexibility index (Phi) is 5.80. The molecule has 6 heteroatoms. The summed E-state index contributed by atoms with van der Waals surface area (Å²) in [5, 5.41) is 7.80. The Morgan fingerprint density at radius 2 is 1.61 bits per heavy atom. The Morgan fingerprint density at radius 1 is 0.935 bits per heavy atom. The third-order valence-corrected chi connectivity index (χ3v) is 5.03. The zero-order valence-corrected chi connectivity index (χ0v) is 17.9. The molecule has 0 spiro atoms. The lowest BCUT2D eigenvalue weighted by molar-refractivity contribution is 0.0947. The summed E-state index contributed by atoms with van der Waals surface area (Å²) in [5.41, 5.74) is 4.74. The number of carbonyl (C=O) groups excluding carboxylic acids is 1. The molecule has 0 unspecified atom stereocenters. The van der Waals surface area contributed by atoms with Gasteiger partial charge in [-0.05, 0) is 36.8 Å². The van der Waals surface area contributed by atoms with E-state index in [4.69, 9.17) is 0 Å². The number of carbonyl (C=O) groups is 1. The summed E-state index contributed by atoms with van der Waals surface area (Å²) in [6.07, 6.45) is 0. The van der Waals surface area contributed by atoms with E-state index in [9.17, 15) is 4.79 Å². The number of anilines is 2. The molecule has 0 atom stereocenters. The SMILES string of the molecule is Cc1ccc(C(=O)n2nc(-c3ccccc3)nc2NCc2ccc(N(C)C)cc2)cc1. The Morgan fingerprint density at radius 3 is 2.26 bits per heavy atom. The molecule has 4 rings (SSSR count). The molecule has 1 heterocycles. The number of nitrogens with zero attached hydrogens (tertiary/aromatic N) is 4. The number of benzene rings is 3. The van der Waals surface area contributed by atoms with Gasteiger partial charge in [0.05, 0.1) is 0 Å². The summed E-state index contributed by atoms with van der Waals surface area (Å²) >= 11 is 0. The van der Waals surface area contributed by atoms with Crippen LogP contribution in [0.1, 0.15) is 21.5 Å². The van der Waals surface area contributed by atoms with E-state index in [0.717, 1.165) is 22.4 Å². The third-order valence-electron chi connectivity index (χ3n) is 5.03. The lowest BCUT2D eigenvalue weighted by atomic mass is 10.1. The van der Waals surface area contributed by atoms with E-state index in [2.05, 4.69) is 44.6 Å². The van der Waals surface area contributed by atoms with Crippen LogP contribution in [0, 0.1) is 6.92 Å². The van der Waals surface area contributed by atoms with Crippen LogP contribution >= 0.6 is 0 Å². The van der Waals surface area contributed by atoms with Gasteiger partial charge in [0, 0.05) is 37.5 Å². The highest BCUT2D eigenvalue weighted by Gasteiger charge is 2.18. The molecule has 0 aliphatic rings. The first-order valence-corrected chi connectivity index (χ1v) is 10.2. The van der Waals surface area contributed by atoms with Gasteiger partial charge in [-0.3, -0.25) is 4.79 Å². The van der Waals surface area contributed by atoms with Crippen LogP contribution in [0.2, 0.25) is 0 Å². The summed E-state index contributed by atoms with van der Waals surface area (Å²) in [6.45, 7) is 2.52. The summed E-state index contributed by atoms with van der Waals surface area (Å²) in [7, 11) is 4.02. The van der Waals surface area contributed by atoms with Crippen LogP contribution in [0.15, 0.2) is 78.9 Å². The Bertz CT molecular complexity index is 1160. The van der Waals surface area contributed by atoms with E-state index in [-0.39, 0.29) is 5.91 Å². The molecule has 6 nitrogen and oxygen atoms in total. The van der Waals surface area contributed by atoms with Crippen molar-refractivity contribution in [2.24, 2.45) is 0 Å². The summed E-state index contributed by atoms with van der Waals surface area (Å²) in [4.78, 5) is 19.8. The van der Waals surface area contributed by atoms with Gasteiger partial charge in [0.15, 0.2) is 5.82 Å². The highest BCUT2D eigenvalue weighted by atomic mass is 16.2. The van der Waals surface area contributed by atoms with Crippen LogP contribution in [0.3, 0.4) is 0 Å². The quantitative estimate of drug-likeness (QED) is 0.502. The van der Waals surface area contributed by atoms with Gasteiger partial charge in [-0.2, -0.15) is 9.67 Å². The van der Waals surface area contributed by atoms with Gasteiger partial charge in [-0.25, -0.2) is 0 Å². The van der Waals surface area contributed by atoms with Gasteiger partial charge in [0.25, 0.3) is 5.91 Å². The maximum Gasteiger partial charge on any atom is 0.281 e. The molecule has 0 radical (unpaired) electrons. The van der Waals surface area contributed by atoms with Crippen LogP contribution in [0.25, 0.3) is 11.4 Å². The van der Waals surface area contributed by atoms with Crippen LogP contribution in [0.5, 0.6) is 0 Å². The Labute approximate surface area is 182 Å². The van der Waals surface area contributed by atoms with Gasteiger partial charge in [0.2, 0.25) is 5.95 Å². The molecule has 3 aromatic carbocycles. The van der Waals surface area contributed by atoms with Crippen LogP contribution in [-0.4, -0.2) is 34.8 Å². The number of hydrogen-bond acceptors (Lipinski definition) is 5. The second kappa shape index (κ2) is 8.83. The molecule has 0 aliphatic heterocycles. The minimum absolute atomic E-state index is 0.222. The maximum atomic E-state index is 13.2. The van der Waals surface area contributed by atoms with Gasteiger partial charge in [-0.15, -0.1) is 5.10 Å². The van der Waals surface area contributed by atoms with Crippen molar-refractivity contribution in [1.29, 1.82) is 0 Å². The van der Waals surface area contributed by atoms with Crippen molar-refractivity contribution < 1.29 is 4.79 Å². The average Bonchev–Trinajstić information content (AvgIpc) is 3.23. The lowest BCUT2D eigenvalue weighted by Crippen LogP contribution is -2.17. The molecule has 4 aromatic rings. The Balaban J connectivity index is 1.63. The van der Waals surface area contributed by atoms with Crippen molar-refractivity contribution in [3.8, 4) is 11.4 Å². The van der Waals surface area contributed by atoms with E-state index in [1.807, 2.05) is 75.6 Å². The lowest BCUT2D eigenvalue weighted by Gasteiger charge is -2.13. The molecule has 31 heavy (non-hydrogen) atoms. The standard InChI is InChI=1S/C25H25N5O/c1-18-9-13-21(14-10-18)24(31)30-25(27-23(28-30)20-7-5-4-6-8-20)26-17-19-11-15-22(16-12-19)29(2)3/h4-16H,17H2,1-3H3,(H,26,27,28). The second-order valence-electron chi connectivity index (χ2n) is 7.62. The van der Waals surface area contributed by atoms with E-state index in [0.29, 0.717) is 23.9 Å². The van der Waals surface area contributed by atoms with Crippen molar-refractivity contribution in [2.75, 3.05) is 24.3 Å². The minimum atomic E-state index is -0.222. The molecule has 0 aliphatic carbocycles. The first-order chi connectivity index (χ1) is 15.0. The zero-order valence-electron chi connectivity index (χ0n) is 17.9. The first kappa shape index (κ1) is 20.3. The monoisotopic (exact) mass is 411 g/mol. The molecule has 1 aromatic heterocycles. The predicted molar refractivity (Wildman–Crippen MR) is 124 cm³/mol. The highest BCUT2D eigenvalue weighted by molar-refractivity contribution is 5.97. The number of hydrogen-bond donors (Lipinski definition) is 1. The van der Waals surface area contributed by atoms with Gasteiger partial charge in [-0.1, -0.05) is 60.2 Å². The fraction of sp³-hybridized carbons (Fsp3) is 0.160. The molecular weight excluding hydrogens is 386 g/mol. The fourth-order valence-corrected chi connectivity index (χ4v) is 3.19. The second-order valence-corrected chi connectivity index (χ2v) is 7.62. The van der Waals surface area contributed by atoms with E-state index < -0.39 is 0 Å². The van der Waals surface area contributed by atoms with E-state index >= 15 is 0 Å². The van der Waals surface area contributed by atoms with Crippen molar-refractivity contribution in [3.05, 3.63) is 95.6 Å². The Hall–Kier alpha value is -3.93. The molecule has 1 N–H and O–H groups in total. The average molecular weight is 412 g/mol. The third kappa shape index (κ3) is 4.64. The smallest absolute Gasteiger partial charge is 0.281 e. The van der Waals surface area contributed by atoms with Crippen molar-refractivity contribution >= 4 is 17.5 Å². The van der Waals surface area contributed by atoms with Crippen molar-refractivity contribution in [1.82, 2.24) is 14.8 Å². The fourth-order valence-electron chi connectivity index (χ4n) is 3.19. The first-order valence-electron chi connectivity index (χ1n) is 10.2.